The van der Waals surface area contributed by atoms with Crippen LogP contribution in [0, 0.1) is 5.92 Å². The molecule has 1 saturated carbocycles. The number of carbonyl (C=O) groups is 2. The van der Waals surface area contributed by atoms with E-state index < -0.39 is 5.25 Å². The van der Waals surface area contributed by atoms with Crippen molar-refractivity contribution >= 4 is 53.3 Å². The number of thioether (sulfide) groups is 1. The highest BCUT2D eigenvalue weighted by molar-refractivity contribution is 8.01. The normalized spacial score (nSPS) is 25.4. The van der Waals surface area contributed by atoms with Crippen molar-refractivity contribution in [2.24, 2.45) is 11.7 Å². The summed E-state index contributed by atoms with van der Waals surface area (Å²) in [5.41, 5.74) is 6.45. The first-order valence-electron chi connectivity index (χ1n) is 7.83. The maximum atomic E-state index is 12.3. The Labute approximate surface area is 156 Å². The van der Waals surface area contributed by atoms with E-state index in [1.54, 1.807) is 12.1 Å². The first-order valence-corrected chi connectivity index (χ1v) is 9.09. The van der Waals surface area contributed by atoms with E-state index in [1.165, 1.54) is 11.8 Å². The molecule has 1 fully saturated rings. The van der Waals surface area contributed by atoms with Crippen molar-refractivity contribution in [3.63, 3.8) is 0 Å². The Morgan fingerprint density at radius 3 is 2.96 bits per heavy atom. The van der Waals surface area contributed by atoms with Crippen LogP contribution >= 0.6 is 35.8 Å². The Hall–Kier alpha value is -0.950. The van der Waals surface area contributed by atoms with Crippen LogP contribution in [0.4, 0.5) is 5.69 Å². The predicted molar refractivity (Wildman–Crippen MR) is 99.9 cm³/mol. The van der Waals surface area contributed by atoms with Gasteiger partial charge in [0.1, 0.15) is 0 Å². The summed E-state index contributed by atoms with van der Waals surface area (Å²) in [5, 5.41) is 6.04. The standard InChI is InChI=1S/C16H20ClN3O2S.ClH/c17-10-4-5-13-12(6-10)20-16(22)14(23-13)7-15(21)19-11-3-1-2-9(11)8-18;/h4-6,9,11,14H,1-3,7-8,18H2,(H,19,21)(H,20,22);1H. The van der Waals surface area contributed by atoms with E-state index in [4.69, 9.17) is 17.3 Å². The minimum absolute atomic E-state index is 0. The van der Waals surface area contributed by atoms with Crippen LogP contribution in [0.2, 0.25) is 5.02 Å². The van der Waals surface area contributed by atoms with E-state index in [1.807, 2.05) is 6.07 Å². The molecule has 3 atom stereocenters. The Balaban J connectivity index is 0.00000208. The molecule has 1 aromatic rings. The van der Waals surface area contributed by atoms with Crippen LogP contribution in [0.1, 0.15) is 25.7 Å². The van der Waals surface area contributed by atoms with Gasteiger partial charge in [-0.05, 0) is 43.5 Å². The zero-order chi connectivity index (χ0) is 16.4. The lowest BCUT2D eigenvalue weighted by atomic mass is 10.0. The molecule has 3 rings (SSSR count). The monoisotopic (exact) mass is 389 g/mol. The summed E-state index contributed by atoms with van der Waals surface area (Å²) < 4.78 is 0. The van der Waals surface area contributed by atoms with Crippen LogP contribution in [-0.4, -0.2) is 29.7 Å². The molecule has 8 heteroatoms. The molecular weight excluding hydrogens is 369 g/mol. The van der Waals surface area contributed by atoms with Gasteiger partial charge in [0.15, 0.2) is 0 Å². The molecule has 0 bridgehead atoms. The molecule has 24 heavy (non-hydrogen) atoms. The van der Waals surface area contributed by atoms with Gasteiger partial charge in [-0.25, -0.2) is 0 Å². The van der Waals surface area contributed by atoms with Gasteiger partial charge in [-0.2, -0.15) is 0 Å². The van der Waals surface area contributed by atoms with Crippen LogP contribution in [0.25, 0.3) is 0 Å². The Morgan fingerprint density at radius 1 is 1.42 bits per heavy atom. The smallest absolute Gasteiger partial charge is 0.238 e. The van der Waals surface area contributed by atoms with Crippen molar-refractivity contribution in [3.8, 4) is 0 Å². The van der Waals surface area contributed by atoms with E-state index in [2.05, 4.69) is 10.6 Å². The van der Waals surface area contributed by atoms with Crippen LogP contribution in [0.5, 0.6) is 0 Å². The Bertz CT molecular complexity index is 629. The number of carbonyl (C=O) groups excluding carboxylic acids is 2. The fourth-order valence-corrected chi connectivity index (χ4v) is 4.46. The molecule has 1 heterocycles. The lowest BCUT2D eigenvalue weighted by molar-refractivity contribution is -0.124. The zero-order valence-corrected chi connectivity index (χ0v) is 15.5. The summed E-state index contributed by atoms with van der Waals surface area (Å²) in [4.78, 5) is 25.4. The molecule has 2 aliphatic rings. The van der Waals surface area contributed by atoms with Crippen molar-refractivity contribution in [2.75, 3.05) is 11.9 Å². The molecule has 2 amide bonds. The minimum Gasteiger partial charge on any atom is -0.353 e. The fourth-order valence-electron chi connectivity index (χ4n) is 3.20. The SMILES string of the molecule is Cl.NCC1CCCC1NC(=O)CC1Sc2ccc(Cl)cc2NC1=O. The summed E-state index contributed by atoms with van der Waals surface area (Å²) in [6.45, 7) is 0.595. The quantitative estimate of drug-likeness (QED) is 0.738. The number of nitrogens with one attached hydrogen (secondary N) is 2. The highest BCUT2D eigenvalue weighted by Crippen LogP contribution is 2.38. The molecule has 0 aromatic heterocycles. The van der Waals surface area contributed by atoms with Gasteiger partial charge >= 0.3 is 0 Å². The topological polar surface area (TPSA) is 84.2 Å². The Kier molecular flexibility index (Phi) is 6.80. The molecule has 1 aliphatic carbocycles. The van der Waals surface area contributed by atoms with Crippen LogP contribution in [-0.2, 0) is 9.59 Å². The van der Waals surface area contributed by atoms with E-state index in [0.29, 0.717) is 23.2 Å². The maximum absolute atomic E-state index is 12.3. The van der Waals surface area contributed by atoms with Gasteiger partial charge < -0.3 is 16.4 Å². The third-order valence-corrected chi connectivity index (χ3v) is 5.95. The largest absolute Gasteiger partial charge is 0.353 e. The lowest BCUT2D eigenvalue weighted by Gasteiger charge is -2.25. The molecule has 4 N–H and O–H groups in total. The highest BCUT2D eigenvalue weighted by atomic mass is 35.5. The van der Waals surface area contributed by atoms with Gasteiger partial charge in [-0.3, -0.25) is 9.59 Å². The Morgan fingerprint density at radius 2 is 2.21 bits per heavy atom. The molecule has 132 valence electrons. The number of fused-ring (bicyclic) bond motifs is 1. The third kappa shape index (κ3) is 4.36. The molecule has 5 nitrogen and oxygen atoms in total. The van der Waals surface area contributed by atoms with Crippen LogP contribution in [0.3, 0.4) is 0 Å². The van der Waals surface area contributed by atoms with Gasteiger partial charge in [0.25, 0.3) is 0 Å². The number of amides is 2. The lowest BCUT2D eigenvalue weighted by Crippen LogP contribution is -2.42. The summed E-state index contributed by atoms with van der Waals surface area (Å²) in [6.07, 6.45) is 3.30. The van der Waals surface area contributed by atoms with E-state index in [0.717, 1.165) is 24.2 Å². The molecule has 0 saturated heterocycles. The summed E-state index contributed by atoms with van der Waals surface area (Å²) in [6, 6.07) is 5.53. The maximum Gasteiger partial charge on any atom is 0.238 e. The highest BCUT2D eigenvalue weighted by Gasteiger charge is 2.32. The molecule has 0 radical (unpaired) electrons. The van der Waals surface area contributed by atoms with E-state index in [-0.39, 0.29) is 36.7 Å². The van der Waals surface area contributed by atoms with Crippen molar-refractivity contribution in [3.05, 3.63) is 23.2 Å². The van der Waals surface area contributed by atoms with Crippen LogP contribution < -0.4 is 16.4 Å². The van der Waals surface area contributed by atoms with E-state index >= 15 is 0 Å². The third-order valence-electron chi connectivity index (χ3n) is 4.44. The second kappa shape index (κ2) is 8.43. The second-order valence-electron chi connectivity index (χ2n) is 6.04. The molecule has 1 aromatic carbocycles. The second-order valence-corrected chi connectivity index (χ2v) is 7.72. The molecule has 0 spiro atoms. The van der Waals surface area contributed by atoms with Gasteiger partial charge in [-0.1, -0.05) is 18.0 Å². The van der Waals surface area contributed by atoms with E-state index in [9.17, 15) is 9.59 Å². The minimum atomic E-state index is -0.415. The zero-order valence-electron chi connectivity index (χ0n) is 13.1. The van der Waals surface area contributed by atoms with Crippen molar-refractivity contribution in [1.82, 2.24) is 5.32 Å². The summed E-state index contributed by atoms with van der Waals surface area (Å²) >= 11 is 7.34. The number of anilines is 1. The fraction of sp³-hybridized carbons (Fsp3) is 0.500. The van der Waals surface area contributed by atoms with Crippen molar-refractivity contribution in [2.45, 2.75) is 41.9 Å². The molecular formula is C16H21Cl2N3O2S. The van der Waals surface area contributed by atoms with Crippen molar-refractivity contribution in [1.29, 1.82) is 0 Å². The van der Waals surface area contributed by atoms with Gasteiger partial charge in [0.05, 0.1) is 10.9 Å². The molecule has 3 unspecified atom stereocenters. The average molecular weight is 390 g/mol. The van der Waals surface area contributed by atoms with Crippen LogP contribution in [0.15, 0.2) is 23.1 Å². The summed E-state index contributed by atoms with van der Waals surface area (Å²) in [7, 11) is 0. The number of rotatable bonds is 4. The summed E-state index contributed by atoms with van der Waals surface area (Å²) in [5.74, 6) is 0.122. The number of hydrogen-bond donors (Lipinski definition) is 3. The number of benzene rings is 1. The van der Waals surface area contributed by atoms with Gasteiger partial charge in [0, 0.05) is 22.4 Å². The van der Waals surface area contributed by atoms with Gasteiger partial charge in [0.2, 0.25) is 11.8 Å². The molecule has 1 aliphatic heterocycles. The number of nitrogens with two attached hydrogens (primary N) is 1. The first kappa shape index (κ1) is 19.4. The van der Waals surface area contributed by atoms with Gasteiger partial charge in [-0.15, -0.1) is 24.2 Å². The number of hydrogen-bond acceptors (Lipinski definition) is 4. The predicted octanol–water partition coefficient (Wildman–Crippen LogP) is 2.81. The first-order chi connectivity index (χ1) is 11.1. The average Bonchev–Trinajstić information content (AvgIpc) is 2.95. The van der Waals surface area contributed by atoms with Crippen molar-refractivity contribution < 1.29 is 9.59 Å². The number of halogens is 2.